The number of ether oxygens (including phenoxy) is 2. The minimum absolute atomic E-state index is 0.0548. The van der Waals surface area contributed by atoms with E-state index in [4.69, 9.17) is 14.7 Å². The van der Waals surface area contributed by atoms with E-state index in [0.717, 1.165) is 83.5 Å². The van der Waals surface area contributed by atoms with Gasteiger partial charge in [-0.15, -0.1) is 10.2 Å². The van der Waals surface area contributed by atoms with Crippen LogP contribution in [0.15, 0.2) is 30.3 Å². The van der Waals surface area contributed by atoms with Crippen LogP contribution in [0.3, 0.4) is 0 Å². The molecule has 2 N–H and O–H groups in total. The fourth-order valence-corrected chi connectivity index (χ4v) is 6.34. The lowest BCUT2D eigenvalue weighted by atomic mass is 9.86. The molecule has 5 rings (SSSR count). The number of carbonyl (C=O) groups excluding carboxylic acids is 1. The van der Waals surface area contributed by atoms with Crippen LogP contribution >= 0.6 is 0 Å². The maximum atomic E-state index is 12.9. The highest BCUT2D eigenvalue weighted by molar-refractivity contribution is 5.92. The van der Waals surface area contributed by atoms with Crippen molar-refractivity contribution >= 4 is 11.7 Å². The number of benzene rings is 1. The van der Waals surface area contributed by atoms with E-state index < -0.39 is 0 Å². The first-order valence-corrected chi connectivity index (χ1v) is 15.0. The second kappa shape index (κ2) is 13.5. The number of likely N-dealkylation sites (tertiary alicyclic amines) is 1. The normalized spacial score (nSPS) is 25.8. The van der Waals surface area contributed by atoms with Crippen molar-refractivity contribution in [3.63, 3.8) is 0 Å². The number of rotatable bonds is 8. The molecule has 0 radical (unpaired) electrons. The van der Waals surface area contributed by atoms with Crippen molar-refractivity contribution in [2.45, 2.75) is 70.1 Å². The molecule has 3 heterocycles. The third kappa shape index (κ3) is 7.46. The Morgan fingerprint density at radius 1 is 1.07 bits per heavy atom. The number of methoxy groups -OCH3 is 1. The van der Waals surface area contributed by atoms with E-state index in [-0.39, 0.29) is 24.2 Å². The van der Waals surface area contributed by atoms with E-state index in [0.29, 0.717) is 34.6 Å². The Kier molecular flexibility index (Phi) is 9.57. The molecule has 1 aliphatic carbocycles. The number of aromatic nitrogens is 2. The van der Waals surface area contributed by atoms with Crippen molar-refractivity contribution < 1.29 is 19.4 Å². The summed E-state index contributed by atoms with van der Waals surface area (Å²) in [7, 11) is 1.54. The van der Waals surface area contributed by atoms with E-state index in [1.165, 1.54) is 0 Å². The molecule has 3 aliphatic rings. The summed E-state index contributed by atoms with van der Waals surface area (Å²) >= 11 is 0. The number of aliphatic hydroxyl groups is 1. The largest absolute Gasteiger partial charge is 0.495 e. The minimum Gasteiger partial charge on any atom is -0.495 e. The maximum absolute atomic E-state index is 12.9. The van der Waals surface area contributed by atoms with Gasteiger partial charge in [0, 0.05) is 44.8 Å². The van der Waals surface area contributed by atoms with Gasteiger partial charge in [-0.05, 0) is 81.0 Å². The van der Waals surface area contributed by atoms with Crippen LogP contribution in [-0.2, 0) is 0 Å². The molecule has 1 aromatic carbocycles. The van der Waals surface area contributed by atoms with Gasteiger partial charge >= 0.3 is 0 Å². The van der Waals surface area contributed by atoms with Gasteiger partial charge in [-0.3, -0.25) is 4.79 Å². The second-order valence-corrected chi connectivity index (χ2v) is 11.8. The predicted molar refractivity (Wildman–Crippen MR) is 155 cm³/mol. The molecule has 2 saturated heterocycles. The minimum atomic E-state index is -0.191. The van der Waals surface area contributed by atoms with E-state index >= 15 is 0 Å². The molecule has 2 aromatic rings. The van der Waals surface area contributed by atoms with Crippen LogP contribution in [0.4, 0.5) is 5.82 Å². The topological polar surface area (TPSA) is 124 Å². The zero-order valence-corrected chi connectivity index (χ0v) is 24.2. The Labute approximate surface area is 242 Å². The molecule has 41 heavy (non-hydrogen) atoms. The number of nitriles is 1. The van der Waals surface area contributed by atoms with Crippen LogP contribution in [0.25, 0.3) is 0 Å². The zero-order chi connectivity index (χ0) is 28.8. The third-order valence-corrected chi connectivity index (χ3v) is 8.95. The molecule has 2 atom stereocenters. The summed E-state index contributed by atoms with van der Waals surface area (Å²) in [6.07, 6.45) is 6.09. The van der Waals surface area contributed by atoms with E-state index in [2.05, 4.69) is 38.3 Å². The maximum Gasteiger partial charge on any atom is 0.272 e. The van der Waals surface area contributed by atoms with Crippen LogP contribution in [-0.4, -0.2) is 84.2 Å². The number of hydrogen-bond donors (Lipinski definition) is 2. The van der Waals surface area contributed by atoms with Crippen molar-refractivity contribution in [2.24, 2.45) is 11.8 Å². The smallest absolute Gasteiger partial charge is 0.272 e. The molecule has 10 heteroatoms. The number of nitrogens with one attached hydrogen (secondary N) is 1. The number of carbonyl (C=O) groups is 1. The molecule has 0 bridgehead atoms. The Morgan fingerprint density at radius 2 is 1.85 bits per heavy atom. The number of nitrogens with zero attached hydrogens (tertiary/aromatic N) is 5. The van der Waals surface area contributed by atoms with Crippen molar-refractivity contribution in [2.75, 3.05) is 44.7 Å². The fraction of sp³-hybridized carbons (Fsp3) is 0.613. The molecule has 10 nitrogen and oxygen atoms in total. The van der Waals surface area contributed by atoms with Gasteiger partial charge in [0.15, 0.2) is 11.5 Å². The second-order valence-electron chi connectivity index (χ2n) is 11.8. The molecular formula is C31H42N6O4. The van der Waals surface area contributed by atoms with Crippen LogP contribution in [0.5, 0.6) is 11.5 Å². The SMILES string of the molecule is COc1cc(OC2CCC(NC(=O)c3ccc(N4CCC(CN5CCC(O)CC5)C(C)C4)nn3)CC2)ccc1C#N. The average molecular weight is 563 g/mol. The van der Waals surface area contributed by atoms with Crippen molar-refractivity contribution in [1.82, 2.24) is 20.4 Å². The van der Waals surface area contributed by atoms with Crippen molar-refractivity contribution in [3.8, 4) is 17.6 Å². The van der Waals surface area contributed by atoms with Gasteiger partial charge in [0.1, 0.15) is 17.6 Å². The van der Waals surface area contributed by atoms with Gasteiger partial charge in [0.05, 0.1) is 24.9 Å². The summed E-state index contributed by atoms with van der Waals surface area (Å²) < 4.78 is 11.4. The van der Waals surface area contributed by atoms with Gasteiger partial charge in [-0.25, -0.2) is 0 Å². The summed E-state index contributed by atoms with van der Waals surface area (Å²) in [5.41, 5.74) is 0.819. The van der Waals surface area contributed by atoms with Crippen molar-refractivity contribution in [1.29, 1.82) is 5.26 Å². The molecule has 1 amide bonds. The van der Waals surface area contributed by atoms with Crippen LogP contribution in [0.2, 0.25) is 0 Å². The highest BCUT2D eigenvalue weighted by atomic mass is 16.5. The molecule has 3 fully saturated rings. The summed E-state index contributed by atoms with van der Waals surface area (Å²) in [6.45, 7) is 7.27. The third-order valence-electron chi connectivity index (χ3n) is 8.95. The van der Waals surface area contributed by atoms with Crippen LogP contribution < -0.4 is 19.7 Å². The number of aliphatic hydroxyl groups excluding tert-OH is 1. The number of piperidine rings is 2. The molecule has 1 aromatic heterocycles. The van der Waals surface area contributed by atoms with E-state index in [1.54, 1.807) is 31.4 Å². The number of hydrogen-bond acceptors (Lipinski definition) is 9. The summed E-state index contributed by atoms with van der Waals surface area (Å²) in [6, 6.07) is 11.1. The quantitative estimate of drug-likeness (QED) is 0.498. The average Bonchev–Trinajstić information content (AvgIpc) is 3.00. The van der Waals surface area contributed by atoms with E-state index in [9.17, 15) is 9.90 Å². The monoisotopic (exact) mass is 562 g/mol. The Balaban J connectivity index is 1.06. The van der Waals surface area contributed by atoms with Gasteiger partial charge in [-0.2, -0.15) is 5.26 Å². The van der Waals surface area contributed by atoms with Crippen LogP contribution in [0, 0.1) is 23.2 Å². The summed E-state index contributed by atoms with van der Waals surface area (Å²) in [5.74, 6) is 3.01. The number of amides is 1. The van der Waals surface area contributed by atoms with Gasteiger partial charge < -0.3 is 29.7 Å². The fourth-order valence-electron chi connectivity index (χ4n) is 6.34. The van der Waals surface area contributed by atoms with Gasteiger partial charge in [0.25, 0.3) is 5.91 Å². The van der Waals surface area contributed by atoms with Gasteiger partial charge in [-0.1, -0.05) is 6.92 Å². The Bertz CT molecular complexity index is 1200. The Hall–Kier alpha value is -3.42. The van der Waals surface area contributed by atoms with Gasteiger partial charge in [0.2, 0.25) is 0 Å². The predicted octanol–water partition coefficient (Wildman–Crippen LogP) is 3.40. The zero-order valence-electron chi connectivity index (χ0n) is 24.2. The lowest BCUT2D eigenvalue weighted by Crippen LogP contribution is -2.46. The molecule has 2 unspecified atom stereocenters. The molecule has 0 spiro atoms. The Morgan fingerprint density at radius 3 is 2.51 bits per heavy atom. The first-order valence-electron chi connectivity index (χ1n) is 15.0. The molecule has 1 saturated carbocycles. The summed E-state index contributed by atoms with van der Waals surface area (Å²) in [4.78, 5) is 17.7. The number of anilines is 1. The lowest BCUT2D eigenvalue weighted by Gasteiger charge is -2.40. The molecular weight excluding hydrogens is 520 g/mol. The standard InChI is InChI=1S/C31H42N6O4/c1-21-19-37(16-11-23(21)20-36-14-12-25(38)13-15-36)30-10-9-28(34-35-30)31(39)33-24-4-7-26(8-5-24)41-27-6-3-22(18-32)29(17-27)40-2/h3,6,9-10,17,21,23-26,38H,4-5,7-8,11-16,19-20H2,1-2H3,(H,33,39). The summed E-state index contributed by atoms with van der Waals surface area (Å²) in [5, 5.41) is 30.7. The van der Waals surface area contributed by atoms with Crippen LogP contribution in [0.1, 0.15) is 67.9 Å². The van der Waals surface area contributed by atoms with E-state index in [1.807, 2.05) is 6.07 Å². The first-order chi connectivity index (χ1) is 19.9. The lowest BCUT2D eigenvalue weighted by molar-refractivity contribution is 0.0667. The first kappa shape index (κ1) is 29.1. The molecule has 2 aliphatic heterocycles. The highest BCUT2D eigenvalue weighted by Crippen LogP contribution is 2.30. The highest BCUT2D eigenvalue weighted by Gasteiger charge is 2.30. The molecule has 220 valence electrons. The van der Waals surface area contributed by atoms with Crippen molar-refractivity contribution in [3.05, 3.63) is 41.6 Å².